The number of rotatable bonds is 4. The van der Waals surface area contributed by atoms with Crippen LogP contribution < -0.4 is 0 Å². The molecule has 0 radical (unpaired) electrons. The van der Waals surface area contributed by atoms with E-state index < -0.39 is 17.8 Å². The number of imidazole rings is 1. The van der Waals surface area contributed by atoms with E-state index in [1.165, 1.54) is 10.5 Å². The summed E-state index contributed by atoms with van der Waals surface area (Å²) in [4.78, 5) is 24.9. The lowest BCUT2D eigenvalue weighted by atomic mass is 9.96. The molecule has 34 heavy (non-hydrogen) atoms. The van der Waals surface area contributed by atoms with E-state index in [1.54, 1.807) is 18.0 Å². The average Bonchev–Trinajstić information content (AvgIpc) is 3.41. The molecular weight excluding hydrogens is 461 g/mol. The Bertz CT molecular complexity index is 1220. The maximum absolute atomic E-state index is 13.7. The number of nitrogens with zero attached hydrogens (tertiary/aromatic N) is 4. The monoisotopic (exact) mass is 486 g/mol. The first kappa shape index (κ1) is 23.0. The molecule has 3 atom stereocenters. The van der Waals surface area contributed by atoms with E-state index in [-0.39, 0.29) is 17.2 Å². The van der Waals surface area contributed by atoms with E-state index in [1.807, 2.05) is 42.2 Å². The molecular formula is C25H25F3N4OS. The number of pyridine rings is 1. The van der Waals surface area contributed by atoms with Gasteiger partial charge in [0.25, 0.3) is 0 Å². The molecule has 178 valence electrons. The van der Waals surface area contributed by atoms with E-state index in [9.17, 15) is 18.0 Å². The molecule has 0 saturated carbocycles. The highest BCUT2D eigenvalue weighted by molar-refractivity contribution is 8.14. The topological polar surface area (TPSA) is 50.0 Å². The van der Waals surface area contributed by atoms with Gasteiger partial charge >= 0.3 is 6.18 Å². The summed E-state index contributed by atoms with van der Waals surface area (Å²) in [5.74, 6) is 0.0195. The summed E-state index contributed by atoms with van der Waals surface area (Å²) in [7, 11) is 0. The van der Waals surface area contributed by atoms with Crippen LogP contribution in [-0.2, 0) is 17.4 Å². The van der Waals surface area contributed by atoms with Gasteiger partial charge in [-0.3, -0.25) is 9.79 Å². The summed E-state index contributed by atoms with van der Waals surface area (Å²) in [6, 6.07) is 11.9. The molecule has 1 amide bonds. The molecule has 9 heteroatoms. The van der Waals surface area contributed by atoms with Crippen LogP contribution in [0.2, 0.25) is 0 Å². The molecule has 1 fully saturated rings. The van der Waals surface area contributed by atoms with Crippen molar-refractivity contribution in [1.82, 2.24) is 14.3 Å². The Balaban J connectivity index is 1.37. The van der Waals surface area contributed by atoms with Gasteiger partial charge in [0.15, 0.2) is 0 Å². The Labute approximate surface area is 200 Å². The highest BCUT2D eigenvalue weighted by atomic mass is 32.2. The number of fused-ring (bicyclic) bond motifs is 1. The minimum Gasteiger partial charge on any atom is -0.337 e. The fraction of sp³-hybridized carbons (Fsp3) is 0.400. The molecule has 5 rings (SSSR count). The van der Waals surface area contributed by atoms with Crippen LogP contribution in [0.5, 0.6) is 0 Å². The first-order chi connectivity index (χ1) is 16.3. The lowest BCUT2D eigenvalue weighted by Crippen LogP contribution is -2.49. The zero-order valence-corrected chi connectivity index (χ0v) is 19.5. The third-order valence-electron chi connectivity index (χ3n) is 6.47. The molecule has 0 aliphatic carbocycles. The predicted octanol–water partition coefficient (Wildman–Crippen LogP) is 5.55. The number of aliphatic imine (C=N–C) groups is 1. The summed E-state index contributed by atoms with van der Waals surface area (Å²) in [6.07, 6.45) is 1.58. The third-order valence-corrected chi connectivity index (χ3v) is 7.70. The van der Waals surface area contributed by atoms with Crippen molar-refractivity contribution in [1.29, 1.82) is 0 Å². The molecule has 1 aromatic carbocycles. The fourth-order valence-electron chi connectivity index (χ4n) is 4.84. The largest absolute Gasteiger partial charge is 0.417 e. The van der Waals surface area contributed by atoms with E-state index in [0.717, 1.165) is 42.1 Å². The molecule has 0 N–H and O–H groups in total. The number of piperidine rings is 1. The van der Waals surface area contributed by atoms with Crippen LogP contribution in [0.15, 0.2) is 59.9 Å². The van der Waals surface area contributed by atoms with Gasteiger partial charge in [-0.2, -0.15) is 13.2 Å². The van der Waals surface area contributed by atoms with Gasteiger partial charge in [-0.1, -0.05) is 30.3 Å². The van der Waals surface area contributed by atoms with E-state index in [2.05, 4.69) is 4.98 Å². The number of alkyl halides is 3. The van der Waals surface area contributed by atoms with E-state index in [0.29, 0.717) is 24.3 Å². The molecule has 0 spiro atoms. The highest BCUT2D eigenvalue weighted by Crippen LogP contribution is 2.41. The number of likely N-dealkylation sites (tertiary alicyclic amines) is 1. The molecule has 2 aliphatic rings. The second kappa shape index (κ2) is 9.09. The molecule has 1 saturated heterocycles. The summed E-state index contributed by atoms with van der Waals surface area (Å²) >= 11 is 1.63. The number of aromatic nitrogens is 2. The van der Waals surface area contributed by atoms with Crippen LogP contribution in [0, 0.1) is 0 Å². The lowest BCUT2D eigenvalue weighted by Gasteiger charge is -2.37. The number of carbonyl (C=O) groups is 1. The first-order valence-electron chi connectivity index (χ1n) is 11.4. The summed E-state index contributed by atoms with van der Waals surface area (Å²) < 4.78 is 40.6. The highest BCUT2D eigenvalue weighted by Gasteiger charge is 2.40. The Morgan fingerprint density at radius 3 is 2.68 bits per heavy atom. The van der Waals surface area contributed by atoms with Crippen LogP contribution in [0.3, 0.4) is 0 Å². The zero-order chi connectivity index (χ0) is 23.9. The molecule has 4 heterocycles. The maximum Gasteiger partial charge on any atom is 0.417 e. The zero-order valence-electron chi connectivity index (χ0n) is 18.7. The number of carbonyl (C=O) groups excluding carboxylic acids is 1. The number of hydrogen-bond donors (Lipinski definition) is 0. The molecule has 5 nitrogen and oxygen atoms in total. The first-order valence-corrected chi connectivity index (χ1v) is 12.3. The van der Waals surface area contributed by atoms with Crippen molar-refractivity contribution in [2.45, 2.75) is 56.1 Å². The molecule has 2 unspecified atom stereocenters. The van der Waals surface area contributed by atoms with Gasteiger partial charge in [0.05, 0.1) is 21.6 Å². The Kier molecular flexibility index (Phi) is 6.14. The van der Waals surface area contributed by atoms with Gasteiger partial charge in [-0.15, -0.1) is 11.8 Å². The quantitative estimate of drug-likeness (QED) is 0.486. The van der Waals surface area contributed by atoms with Crippen LogP contribution in [0.1, 0.15) is 48.3 Å². The maximum atomic E-state index is 13.7. The third kappa shape index (κ3) is 4.58. The summed E-state index contributed by atoms with van der Waals surface area (Å²) in [5, 5.41) is 0.855. The number of halogens is 3. The molecule has 0 bridgehead atoms. The predicted molar refractivity (Wildman–Crippen MR) is 127 cm³/mol. The van der Waals surface area contributed by atoms with Gasteiger partial charge in [0, 0.05) is 31.4 Å². The number of hydrogen-bond acceptors (Lipinski definition) is 4. The van der Waals surface area contributed by atoms with Crippen LogP contribution in [0.4, 0.5) is 13.2 Å². The van der Waals surface area contributed by atoms with Gasteiger partial charge < -0.3 is 9.30 Å². The fourth-order valence-corrected chi connectivity index (χ4v) is 5.99. The van der Waals surface area contributed by atoms with Gasteiger partial charge in [-0.25, -0.2) is 4.98 Å². The van der Waals surface area contributed by atoms with E-state index in [4.69, 9.17) is 4.99 Å². The standard InChI is InChI=1S/C25H25F3N4OS/c1-16-29-22(23(34-16)17-7-3-2-4-8-17)24(33)32-12-6-5-9-20(32)13-19-15-31-14-18(25(26,27)28)10-11-21(31)30-19/h2-4,7-8,10-11,14-15,20,22-23H,5-6,9,12-13H2,1H3/t20-,22?,23?/m0/s1. The second-order valence-corrected chi connectivity index (χ2v) is 10.2. The Morgan fingerprint density at radius 1 is 1.12 bits per heavy atom. The van der Waals surface area contributed by atoms with Gasteiger partial charge in [-0.05, 0) is 43.9 Å². The Hall–Kier alpha value is -2.81. The molecule has 2 aliphatic heterocycles. The smallest absolute Gasteiger partial charge is 0.337 e. The van der Waals surface area contributed by atoms with Crippen molar-refractivity contribution in [3.63, 3.8) is 0 Å². The molecule has 2 aromatic heterocycles. The van der Waals surface area contributed by atoms with Crippen molar-refractivity contribution in [3.05, 3.63) is 71.7 Å². The SMILES string of the molecule is CC1=NC(C(=O)N2CCCC[C@H]2Cc2cn3cc(C(F)(F)F)ccc3n2)C(c2ccccc2)S1. The second-order valence-electron chi connectivity index (χ2n) is 8.84. The Morgan fingerprint density at radius 2 is 1.91 bits per heavy atom. The normalized spacial score (nSPS) is 23.4. The summed E-state index contributed by atoms with van der Waals surface area (Å²) in [6.45, 7) is 2.60. The van der Waals surface area contributed by atoms with Crippen LogP contribution in [-0.4, -0.2) is 43.9 Å². The van der Waals surface area contributed by atoms with Gasteiger partial charge in [0.2, 0.25) is 5.91 Å². The van der Waals surface area contributed by atoms with Crippen LogP contribution in [0.25, 0.3) is 5.65 Å². The average molecular weight is 487 g/mol. The minimum atomic E-state index is -4.40. The summed E-state index contributed by atoms with van der Waals surface area (Å²) in [5.41, 5.74) is 1.52. The number of benzene rings is 1. The minimum absolute atomic E-state index is 0.0195. The number of thioether (sulfide) groups is 1. The van der Waals surface area contributed by atoms with Gasteiger partial charge in [0.1, 0.15) is 11.7 Å². The number of amides is 1. The van der Waals surface area contributed by atoms with Crippen molar-refractivity contribution < 1.29 is 18.0 Å². The van der Waals surface area contributed by atoms with E-state index >= 15 is 0 Å². The van der Waals surface area contributed by atoms with Crippen molar-refractivity contribution in [2.24, 2.45) is 4.99 Å². The molecule has 3 aromatic rings. The lowest BCUT2D eigenvalue weighted by molar-refractivity contribution is -0.138. The van der Waals surface area contributed by atoms with Crippen molar-refractivity contribution >= 4 is 28.4 Å². The van der Waals surface area contributed by atoms with Crippen molar-refractivity contribution in [3.8, 4) is 0 Å². The van der Waals surface area contributed by atoms with Crippen LogP contribution >= 0.6 is 11.8 Å². The van der Waals surface area contributed by atoms with Crippen molar-refractivity contribution in [2.75, 3.05) is 6.54 Å².